The lowest BCUT2D eigenvalue weighted by molar-refractivity contribution is -0.113. The molecule has 5 nitrogen and oxygen atoms in total. The van der Waals surface area contributed by atoms with E-state index in [0.717, 1.165) is 22.2 Å². The van der Waals surface area contributed by atoms with Gasteiger partial charge in [0.1, 0.15) is 5.82 Å². The molecule has 0 bridgehead atoms. The quantitative estimate of drug-likeness (QED) is 0.829. The second-order valence-electron chi connectivity index (χ2n) is 6.40. The highest BCUT2D eigenvalue weighted by molar-refractivity contribution is 7.99. The Hall–Kier alpha value is -1.82. The van der Waals surface area contributed by atoms with Crippen LogP contribution in [0.4, 0.5) is 5.69 Å². The molecular formula is C18H24N4OS. The molecule has 0 spiro atoms. The molecule has 1 N–H and O–H groups in total. The molecule has 1 fully saturated rings. The van der Waals surface area contributed by atoms with Gasteiger partial charge in [-0.1, -0.05) is 43.2 Å². The van der Waals surface area contributed by atoms with Gasteiger partial charge in [-0.25, -0.2) is 0 Å². The van der Waals surface area contributed by atoms with E-state index >= 15 is 0 Å². The van der Waals surface area contributed by atoms with E-state index in [4.69, 9.17) is 0 Å². The number of carbonyl (C=O) groups is 1. The predicted octanol–water partition coefficient (Wildman–Crippen LogP) is 4.13. The Bertz CT molecular complexity index is 707. The van der Waals surface area contributed by atoms with Crippen LogP contribution in [0.25, 0.3) is 0 Å². The van der Waals surface area contributed by atoms with Crippen molar-refractivity contribution in [3.63, 3.8) is 0 Å². The molecule has 1 saturated carbocycles. The Kier molecular flexibility index (Phi) is 5.56. The molecule has 24 heavy (non-hydrogen) atoms. The van der Waals surface area contributed by atoms with E-state index in [1.165, 1.54) is 43.9 Å². The predicted molar refractivity (Wildman–Crippen MR) is 97.4 cm³/mol. The normalized spacial score (nSPS) is 15.4. The fraction of sp³-hybridized carbons (Fsp3) is 0.500. The van der Waals surface area contributed by atoms with Crippen LogP contribution >= 0.6 is 11.8 Å². The Morgan fingerprint density at radius 3 is 2.79 bits per heavy atom. The zero-order chi connectivity index (χ0) is 16.9. The van der Waals surface area contributed by atoms with Gasteiger partial charge in [0, 0.05) is 11.7 Å². The van der Waals surface area contributed by atoms with Crippen molar-refractivity contribution in [3.8, 4) is 0 Å². The van der Waals surface area contributed by atoms with E-state index in [1.807, 2.05) is 38.1 Å². The molecule has 1 amide bonds. The minimum absolute atomic E-state index is 0.0125. The number of aryl methyl sites for hydroxylation is 2. The first kappa shape index (κ1) is 17.0. The molecule has 0 aliphatic heterocycles. The van der Waals surface area contributed by atoms with E-state index in [0.29, 0.717) is 11.8 Å². The maximum atomic E-state index is 12.2. The summed E-state index contributed by atoms with van der Waals surface area (Å²) in [5, 5.41) is 12.3. The lowest BCUT2D eigenvalue weighted by atomic mass is 9.95. The molecule has 1 aromatic heterocycles. The van der Waals surface area contributed by atoms with Crippen molar-refractivity contribution in [1.82, 2.24) is 14.8 Å². The van der Waals surface area contributed by atoms with Crippen molar-refractivity contribution < 1.29 is 4.79 Å². The minimum Gasteiger partial charge on any atom is -0.325 e. The van der Waals surface area contributed by atoms with Crippen molar-refractivity contribution in [2.75, 3.05) is 11.1 Å². The van der Waals surface area contributed by atoms with Crippen LogP contribution in [0.1, 0.15) is 49.5 Å². The minimum atomic E-state index is -0.0125. The van der Waals surface area contributed by atoms with Crippen molar-refractivity contribution in [2.24, 2.45) is 0 Å². The first-order valence-electron chi connectivity index (χ1n) is 8.54. The molecule has 3 rings (SSSR count). The molecule has 128 valence electrons. The standard InChI is InChI=1S/C18H24N4OS/c1-13-7-6-8-15(11-13)19-17(23)12-24-18-21-20-14(2)22(18)16-9-4-3-5-10-16/h6-8,11,16H,3-5,9-10,12H2,1-2H3,(H,19,23). The largest absolute Gasteiger partial charge is 0.325 e. The summed E-state index contributed by atoms with van der Waals surface area (Å²) >= 11 is 1.47. The van der Waals surface area contributed by atoms with Gasteiger partial charge in [0.2, 0.25) is 5.91 Å². The van der Waals surface area contributed by atoms with Crippen LogP contribution in [0.2, 0.25) is 0 Å². The summed E-state index contributed by atoms with van der Waals surface area (Å²) in [5.74, 6) is 1.28. The number of anilines is 1. The molecule has 0 unspecified atom stereocenters. The van der Waals surface area contributed by atoms with Gasteiger partial charge in [-0.05, 0) is 44.4 Å². The fourth-order valence-corrected chi connectivity index (χ4v) is 4.11. The highest BCUT2D eigenvalue weighted by Crippen LogP contribution is 2.32. The van der Waals surface area contributed by atoms with Gasteiger partial charge in [0.15, 0.2) is 5.16 Å². The lowest BCUT2D eigenvalue weighted by Gasteiger charge is -2.24. The van der Waals surface area contributed by atoms with Gasteiger partial charge >= 0.3 is 0 Å². The fourth-order valence-electron chi connectivity index (χ4n) is 3.26. The molecule has 0 radical (unpaired) electrons. The van der Waals surface area contributed by atoms with Gasteiger partial charge in [-0.3, -0.25) is 4.79 Å². The van der Waals surface area contributed by atoms with Gasteiger partial charge in [-0.2, -0.15) is 0 Å². The second kappa shape index (κ2) is 7.83. The van der Waals surface area contributed by atoms with Crippen molar-refractivity contribution in [2.45, 2.75) is 57.1 Å². The third-order valence-corrected chi connectivity index (χ3v) is 5.35. The summed E-state index contributed by atoms with van der Waals surface area (Å²) in [6, 6.07) is 8.32. The molecule has 0 saturated heterocycles. The van der Waals surface area contributed by atoms with Crippen LogP contribution in [0, 0.1) is 13.8 Å². The molecule has 1 aliphatic carbocycles. The number of nitrogens with one attached hydrogen (secondary N) is 1. The first-order chi connectivity index (χ1) is 11.6. The highest BCUT2D eigenvalue weighted by Gasteiger charge is 2.21. The monoisotopic (exact) mass is 344 g/mol. The number of hydrogen-bond acceptors (Lipinski definition) is 4. The van der Waals surface area contributed by atoms with Gasteiger partial charge in [0.25, 0.3) is 0 Å². The number of amides is 1. The Balaban J connectivity index is 1.61. The summed E-state index contributed by atoms with van der Waals surface area (Å²) in [6.45, 7) is 4.01. The van der Waals surface area contributed by atoms with E-state index in [-0.39, 0.29) is 5.91 Å². The van der Waals surface area contributed by atoms with Crippen LogP contribution in [-0.4, -0.2) is 26.4 Å². The Morgan fingerprint density at radius 2 is 2.04 bits per heavy atom. The number of aromatic nitrogens is 3. The van der Waals surface area contributed by atoms with Gasteiger partial charge in [-0.15, -0.1) is 10.2 Å². The number of carbonyl (C=O) groups excluding carboxylic acids is 1. The topological polar surface area (TPSA) is 59.8 Å². The SMILES string of the molecule is Cc1cccc(NC(=O)CSc2nnc(C)n2C2CCCCC2)c1. The molecule has 1 aromatic carbocycles. The highest BCUT2D eigenvalue weighted by atomic mass is 32.2. The zero-order valence-corrected chi connectivity index (χ0v) is 15.1. The van der Waals surface area contributed by atoms with Crippen molar-refractivity contribution in [3.05, 3.63) is 35.7 Å². The number of thioether (sulfide) groups is 1. The molecule has 2 aromatic rings. The summed E-state index contributed by atoms with van der Waals surface area (Å²) in [7, 11) is 0. The van der Waals surface area contributed by atoms with E-state index in [2.05, 4.69) is 20.1 Å². The molecule has 1 heterocycles. The summed E-state index contributed by atoms with van der Waals surface area (Å²) in [5.41, 5.74) is 1.97. The first-order valence-corrected chi connectivity index (χ1v) is 9.53. The molecule has 6 heteroatoms. The Morgan fingerprint density at radius 1 is 1.25 bits per heavy atom. The molecular weight excluding hydrogens is 320 g/mol. The van der Waals surface area contributed by atoms with Crippen molar-refractivity contribution in [1.29, 1.82) is 0 Å². The summed E-state index contributed by atoms with van der Waals surface area (Å²) in [6.07, 6.45) is 6.21. The van der Waals surface area contributed by atoms with Crippen LogP contribution in [0.3, 0.4) is 0 Å². The third-order valence-electron chi connectivity index (χ3n) is 4.41. The van der Waals surface area contributed by atoms with Crippen LogP contribution < -0.4 is 5.32 Å². The maximum Gasteiger partial charge on any atom is 0.234 e. The average Bonchev–Trinajstić information content (AvgIpc) is 2.94. The van der Waals surface area contributed by atoms with Crippen LogP contribution in [0.5, 0.6) is 0 Å². The summed E-state index contributed by atoms with van der Waals surface area (Å²) in [4.78, 5) is 12.2. The smallest absolute Gasteiger partial charge is 0.234 e. The van der Waals surface area contributed by atoms with E-state index in [1.54, 1.807) is 0 Å². The molecule has 0 atom stereocenters. The molecule has 1 aliphatic rings. The lowest BCUT2D eigenvalue weighted by Crippen LogP contribution is -2.17. The number of hydrogen-bond donors (Lipinski definition) is 1. The summed E-state index contributed by atoms with van der Waals surface area (Å²) < 4.78 is 2.23. The second-order valence-corrected chi connectivity index (χ2v) is 7.34. The Labute approximate surface area is 147 Å². The maximum absolute atomic E-state index is 12.2. The van der Waals surface area contributed by atoms with E-state index < -0.39 is 0 Å². The van der Waals surface area contributed by atoms with E-state index in [9.17, 15) is 4.79 Å². The number of benzene rings is 1. The number of nitrogens with zero attached hydrogens (tertiary/aromatic N) is 3. The van der Waals surface area contributed by atoms with Gasteiger partial charge in [0.05, 0.1) is 5.75 Å². The average molecular weight is 344 g/mol. The number of rotatable bonds is 5. The zero-order valence-electron chi connectivity index (χ0n) is 14.3. The van der Waals surface area contributed by atoms with Gasteiger partial charge < -0.3 is 9.88 Å². The van der Waals surface area contributed by atoms with Crippen LogP contribution in [0.15, 0.2) is 29.4 Å². The van der Waals surface area contributed by atoms with Crippen LogP contribution in [-0.2, 0) is 4.79 Å². The van der Waals surface area contributed by atoms with Crippen molar-refractivity contribution >= 4 is 23.4 Å². The third kappa shape index (κ3) is 4.17.